The number of hydrogen-bond acceptors (Lipinski definition) is 5. The van der Waals surface area contributed by atoms with E-state index in [1.807, 2.05) is 6.07 Å². The molecule has 21 heavy (non-hydrogen) atoms. The van der Waals surface area contributed by atoms with Gasteiger partial charge in [-0.05, 0) is 47.5 Å². The molecule has 0 aliphatic carbocycles. The van der Waals surface area contributed by atoms with Crippen molar-refractivity contribution in [1.29, 1.82) is 0 Å². The zero-order chi connectivity index (χ0) is 15.5. The summed E-state index contributed by atoms with van der Waals surface area (Å²) >= 11 is 3.19. The summed E-state index contributed by atoms with van der Waals surface area (Å²) in [6.45, 7) is 1.79. The highest BCUT2D eigenvalue weighted by Crippen LogP contribution is 2.21. The van der Waals surface area contributed by atoms with Gasteiger partial charge in [0.1, 0.15) is 16.5 Å². The molecule has 3 N–H and O–H groups in total. The maximum Gasteiger partial charge on any atom is 0.244 e. The molecule has 0 saturated heterocycles. The summed E-state index contributed by atoms with van der Waals surface area (Å²) in [5, 5.41) is 0. The highest BCUT2D eigenvalue weighted by atomic mass is 79.9. The van der Waals surface area contributed by atoms with Crippen LogP contribution in [0.15, 0.2) is 44.4 Å². The van der Waals surface area contributed by atoms with E-state index in [-0.39, 0.29) is 16.8 Å². The maximum absolute atomic E-state index is 12.3. The van der Waals surface area contributed by atoms with E-state index in [2.05, 4.69) is 25.6 Å². The van der Waals surface area contributed by atoms with Crippen molar-refractivity contribution in [1.82, 2.24) is 9.71 Å². The minimum absolute atomic E-state index is 0.0241. The fourth-order valence-electron chi connectivity index (χ4n) is 1.85. The lowest BCUT2D eigenvalue weighted by Crippen LogP contribution is -2.33. The number of hydrogen-bond donors (Lipinski definition) is 2. The largest absolute Gasteiger partial charge is 0.469 e. The van der Waals surface area contributed by atoms with E-state index in [1.54, 1.807) is 19.3 Å². The van der Waals surface area contributed by atoms with Gasteiger partial charge in [0.05, 0.1) is 6.26 Å². The zero-order valence-corrected chi connectivity index (χ0v) is 13.8. The van der Waals surface area contributed by atoms with Crippen LogP contribution in [-0.2, 0) is 16.4 Å². The van der Waals surface area contributed by atoms with Crippen molar-refractivity contribution in [3.05, 3.63) is 40.9 Å². The molecule has 0 aliphatic heterocycles. The number of nitrogens with one attached hydrogen (secondary N) is 1. The van der Waals surface area contributed by atoms with Gasteiger partial charge in [0, 0.05) is 23.1 Å². The SMILES string of the molecule is CC(CCc1ccco1)NS(=O)(=O)c1cc(Br)cnc1N. The fourth-order valence-corrected chi connectivity index (χ4v) is 3.71. The molecular weight excluding hydrogens is 358 g/mol. The molecule has 0 spiro atoms. The van der Waals surface area contributed by atoms with Crippen LogP contribution in [0.3, 0.4) is 0 Å². The van der Waals surface area contributed by atoms with E-state index in [0.29, 0.717) is 17.3 Å². The molecule has 2 aromatic heterocycles. The van der Waals surface area contributed by atoms with Crippen LogP contribution in [-0.4, -0.2) is 19.4 Å². The predicted molar refractivity (Wildman–Crippen MR) is 83.2 cm³/mol. The van der Waals surface area contributed by atoms with Gasteiger partial charge in [-0.15, -0.1) is 0 Å². The third kappa shape index (κ3) is 4.29. The van der Waals surface area contributed by atoms with Crippen LogP contribution in [0.5, 0.6) is 0 Å². The predicted octanol–water partition coefficient (Wildman–Crippen LogP) is 2.32. The normalized spacial score (nSPS) is 13.2. The standard InChI is InChI=1S/C13H16BrN3O3S/c1-9(4-5-11-3-2-6-20-11)17-21(18,19)12-7-10(14)8-16-13(12)15/h2-3,6-9,17H,4-5H2,1H3,(H2,15,16). The summed E-state index contributed by atoms with van der Waals surface area (Å²) in [4.78, 5) is 3.81. The monoisotopic (exact) mass is 373 g/mol. The molecular formula is C13H16BrN3O3S. The molecule has 8 heteroatoms. The van der Waals surface area contributed by atoms with E-state index in [0.717, 1.165) is 5.76 Å². The van der Waals surface area contributed by atoms with Crippen molar-refractivity contribution < 1.29 is 12.8 Å². The first-order valence-corrected chi connectivity index (χ1v) is 8.62. The first kappa shape index (κ1) is 16.0. The minimum Gasteiger partial charge on any atom is -0.469 e. The Hall–Kier alpha value is -1.38. The third-order valence-electron chi connectivity index (χ3n) is 2.90. The Balaban J connectivity index is 2.04. The molecule has 0 bridgehead atoms. The quantitative estimate of drug-likeness (QED) is 0.809. The highest BCUT2D eigenvalue weighted by molar-refractivity contribution is 9.10. The van der Waals surface area contributed by atoms with Gasteiger partial charge < -0.3 is 10.2 Å². The van der Waals surface area contributed by atoms with Gasteiger partial charge in [0.25, 0.3) is 0 Å². The lowest BCUT2D eigenvalue weighted by atomic mass is 10.2. The third-order valence-corrected chi connectivity index (χ3v) is 4.95. The van der Waals surface area contributed by atoms with E-state index in [1.165, 1.54) is 12.3 Å². The van der Waals surface area contributed by atoms with Crippen LogP contribution >= 0.6 is 15.9 Å². The van der Waals surface area contributed by atoms with Gasteiger partial charge in [0.15, 0.2) is 0 Å². The van der Waals surface area contributed by atoms with Crippen molar-refractivity contribution in [3.63, 3.8) is 0 Å². The molecule has 0 radical (unpaired) electrons. The van der Waals surface area contributed by atoms with E-state index in [4.69, 9.17) is 10.2 Å². The number of aryl methyl sites for hydroxylation is 1. The van der Waals surface area contributed by atoms with Crippen molar-refractivity contribution in [2.24, 2.45) is 0 Å². The molecule has 0 fully saturated rings. The van der Waals surface area contributed by atoms with Crippen LogP contribution in [0.25, 0.3) is 0 Å². The molecule has 2 aromatic rings. The molecule has 0 aromatic carbocycles. The molecule has 2 heterocycles. The first-order chi connectivity index (χ1) is 9.88. The van der Waals surface area contributed by atoms with Crippen LogP contribution in [0.2, 0.25) is 0 Å². The number of sulfonamides is 1. The number of aromatic nitrogens is 1. The number of furan rings is 1. The molecule has 2 rings (SSSR count). The molecule has 1 unspecified atom stereocenters. The zero-order valence-electron chi connectivity index (χ0n) is 11.4. The summed E-state index contributed by atoms with van der Waals surface area (Å²) < 4.78 is 33.0. The second-order valence-electron chi connectivity index (χ2n) is 4.68. The lowest BCUT2D eigenvalue weighted by molar-refractivity contribution is 0.480. The van der Waals surface area contributed by atoms with Gasteiger partial charge in [-0.1, -0.05) is 0 Å². The summed E-state index contributed by atoms with van der Waals surface area (Å²) in [7, 11) is -3.70. The lowest BCUT2D eigenvalue weighted by Gasteiger charge is -2.14. The number of rotatable bonds is 6. The van der Waals surface area contributed by atoms with Crippen molar-refractivity contribution >= 4 is 31.8 Å². The molecule has 114 valence electrons. The average molecular weight is 374 g/mol. The Kier molecular flexibility index (Phi) is 5.02. The Morgan fingerprint density at radius 1 is 1.52 bits per heavy atom. The van der Waals surface area contributed by atoms with E-state index < -0.39 is 10.0 Å². The Morgan fingerprint density at radius 2 is 2.29 bits per heavy atom. The van der Waals surface area contributed by atoms with Gasteiger partial charge in [-0.3, -0.25) is 0 Å². The molecule has 6 nitrogen and oxygen atoms in total. The van der Waals surface area contributed by atoms with Crippen molar-refractivity contribution in [3.8, 4) is 0 Å². The number of anilines is 1. The number of nitrogens with zero attached hydrogens (tertiary/aromatic N) is 1. The number of halogens is 1. The number of pyridine rings is 1. The van der Waals surface area contributed by atoms with Crippen LogP contribution in [0.4, 0.5) is 5.82 Å². The molecule has 1 atom stereocenters. The van der Waals surface area contributed by atoms with Crippen LogP contribution < -0.4 is 10.5 Å². The smallest absolute Gasteiger partial charge is 0.244 e. The van der Waals surface area contributed by atoms with Crippen molar-refractivity contribution in [2.45, 2.75) is 30.7 Å². The molecule has 0 aliphatic rings. The van der Waals surface area contributed by atoms with E-state index in [9.17, 15) is 8.42 Å². The summed E-state index contributed by atoms with van der Waals surface area (Å²) in [5.74, 6) is 0.800. The van der Waals surface area contributed by atoms with Gasteiger partial charge in [0.2, 0.25) is 10.0 Å². The highest BCUT2D eigenvalue weighted by Gasteiger charge is 2.21. The second kappa shape index (κ2) is 6.59. The molecule has 0 amide bonds. The van der Waals surface area contributed by atoms with Crippen molar-refractivity contribution in [2.75, 3.05) is 5.73 Å². The van der Waals surface area contributed by atoms with Crippen LogP contribution in [0.1, 0.15) is 19.1 Å². The summed E-state index contributed by atoms with van der Waals surface area (Å²) in [6.07, 6.45) is 4.32. The Bertz CT molecular complexity index is 701. The fraction of sp³-hybridized carbons (Fsp3) is 0.308. The van der Waals surface area contributed by atoms with Gasteiger partial charge >= 0.3 is 0 Å². The Labute approximate surface area is 131 Å². The average Bonchev–Trinajstić information content (AvgIpc) is 2.92. The first-order valence-electron chi connectivity index (χ1n) is 6.34. The summed E-state index contributed by atoms with van der Waals surface area (Å²) in [6, 6.07) is 4.85. The topological polar surface area (TPSA) is 98.2 Å². The Morgan fingerprint density at radius 3 is 2.95 bits per heavy atom. The van der Waals surface area contributed by atoms with Crippen LogP contribution in [0, 0.1) is 0 Å². The van der Waals surface area contributed by atoms with Gasteiger partial charge in [-0.2, -0.15) is 0 Å². The summed E-state index contributed by atoms with van der Waals surface area (Å²) in [5.41, 5.74) is 5.64. The second-order valence-corrected chi connectivity index (χ2v) is 7.28. The maximum atomic E-state index is 12.3. The molecule has 0 saturated carbocycles. The minimum atomic E-state index is -3.70. The van der Waals surface area contributed by atoms with Gasteiger partial charge in [-0.25, -0.2) is 18.1 Å². The van der Waals surface area contributed by atoms with E-state index >= 15 is 0 Å². The number of nitrogen functional groups attached to an aromatic ring is 1. The number of nitrogens with two attached hydrogens (primary N) is 1.